The van der Waals surface area contributed by atoms with Crippen LogP contribution in [0.15, 0.2) is 12.1 Å². The number of nitrogens with zero attached hydrogens (tertiary/aromatic N) is 2. The quantitative estimate of drug-likeness (QED) is 0.418. The summed E-state index contributed by atoms with van der Waals surface area (Å²) in [6.07, 6.45) is -0.396. The van der Waals surface area contributed by atoms with Gasteiger partial charge in [0.25, 0.3) is 5.69 Å². The second-order valence-electron chi connectivity index (χ2n) is 5.63. The molecule has 0 bridgehead atoms. The van der Waals surface area contributed by atoms with E-state index in [1.165, 1.54) is 6.07 Å². The molecule has 0 saturated heterocycles. The van der Waals surface area contributed by atoms with Crippen molar-refractivity contribution in [3.05, 3.63) is 36.9 Å². The zero-order chi connectivity index (χ0) is 15.1. The van der Waals surface area contributed by atoms with E-state index in [-0.39, 0.29) is 5.69 Å². The van der Waals surface area contributed by atoms with E-state index >= 15 is 0 Å². The maximum absolute atomic E-state index is 12.0. The van der Waals surface area contributed by atoms with E-state index in [1.54, 1.807) is 11.0 Å². The Morgan fingerprint density at radius 2 is 2.05 bits per heavy atom. The molecule has 1 aliphatic rings. The molecule has 1 heterocycles. The molecule has 0 radical (unpaired) electrons. The first-order chi connectivity index (χ1) is 9.19. The third-order valence-electron chi connectivity index (χ3n) is 2.88. The van der Waals surface area contributed by atoms with Crippen LogP contribution in [0.3, 0.4) is 0 Å². The van der Waals surface area contributed by atoms with Gasteiger partial charge in [-0.3, -0.25) is 15.0 Å². The number of carbonyl (C=O) groups is 1. The number of fused-ring (bicyclic) bond motifs is 1. The van der Waals surface area contributed by atoms with Crippen molar-refractivity contribution in [3.63, 3.8) is 0 Å². The molecular formula is C13H15IN2O4. The van der Waals surface area contributed by atoms with E-state index in [0.29, 0.717) is 16.7 Å². The summed E-state index contributed by atoms with van der Waals surface area (Å²) in [5.41, 5.74) is 1.30. The standard InChI is InChI=1S/C13H15IN2O4/c1-13(2,3)20-12(17)15-6-8-4-5-10(16(18)19)11(14)9(8)7-15/h4-5H,6-7H2,1-3H3. The number of hydrogen-bond donors (Lipinski definition) is 0. The molecule has 0 unspecified atom stereocenters. The summed E-state index contributed by atoms with van der Waals surface area (Å²) in [6.45, 7) is 6.20. The number of rotatable bonds is 1. The van der Waals surface area contributed by atoms with Crippen LogP contribution >= 0.6 is 22.6 Å². The maximum Gasteiger partial charge on any atom is 0.410 e. The summed E-state index contributed by atoms with van der Waals surface area (Å²) in [5, 5.41) is 10.9. The first-order valence-corrected chi connectivity index (χ1v) is 7.19. The highest BCUT2D eigenvalue weighted by Crippen LogP contribution is 2.33. The van der Waals surface area contributed by atoms with Gasteiger partial charge in [0.15, 0.2) is 0 Å². The summed E-state index contributed by atoms with van der Waals surface area (Å²) in [7, 11) is 0. The number of carbonyl (C=O) groups excluding carboxylic acids is 1. The Morgan fingerprint density at radius 1 is 1.40 bits per heavy atom. The molecule has 0 atom stereocenters. The van der Waals surface area contributed by atoms with Crippen molar-refractivity contribution in [2.24, 2.45) is 0 Å². The van der Waals surface area contributed by atoms with Crippen molar-refractivity contribution < 1.29 is 14.5 Å². The Hall–Kier alpha value is -1.38. The molecule has 0 N–H and O–H groups in total. The number of nitro benzene ring substituents is 1. The van der Waals surface area contributed by atoms with Crippen molar-refractivity contribution in [1.82, 2.24) is 4.90 Å². The second kappa shape index (κ2) is 5.19. The lowest BCUT2D eigenvalue weighted by Gasteiger charge is -2.24. The molecule has 108 valence electrons. The molecule has 1 amide bonds. The van der Waals surface area contributed by atoms with E-state index in [2.05, 4.69) is 0 Å². The van der Waals surface area contributed by atoms with Crippen LogP contribution in [0.2, 0.25) is 0 Å². The van der Waals surface area contributed by atoms with Crippen LogP contribution in [-0.2, 0) is 17.8 Å². The van der Waals surface area contributed by atoms with Gasteiger partial charge >= 0.3 is 6.09 Å². The highest BCUT2D eigenvalue weighted by Gasteiger charge is 2.31. The number of amides is 1. The number of nitro groups is 1. The Kier molecular flexibility index (Phi) is 3.90. The summed E-state index contributed by atoms with van der Waals surface area (Å²) in [5.74, 6) is 0. The molecule has 1 aliphatic heterocycles. The van der Waals surface area contributed by atoms with E-state index < -0.39 is 16.6 Å². The minimum absolute atomic E-state index is 0.0791. The minimum Gasteiger partial charge on any atom is -0.444 e. The average Bonchev–Trinajstić information content (AvgIpc) is 2.71. The van der Waals surface area contributed by atoms with Crippen LogP contribution in [-0.4, -0.2) is 21.5 Å². The van der Waals surface area contributed by atoms with Gasteiger partial charge in [0.05, 0.1) is 15.0 Å². The molecule has 1 aromatic rings. The van der Waals surface area contributed by atoms with Crippen LogP contribution in [0.25, 0.3) is 0 Å². The SMILES string of the molecule is CC(C)(C)OC(=O)N1Cc2ccc([N+](=O)[O-])c(I)c2C1. The lowest BCUT2D eigenvalue weighted by Crippen LogP contribution is -2.33. The van der Waals surface area contributed by atoms with Crippen LogP contribution < -0.4 is 0 Å². The van der Waals surface area contributed by atoms with E-state index in [0.717, 1.165) is 11.1 Å². The molecule has 0 saturated carbocycles. The molecule has 20 heavy (non-hydrogen) atoms. The fourth-order valence-electron chi connectivity index (χ4n) is 2.02. The molecular weight excluding hydrogens is 375 g/mol. The van der Waals surface area contributed by atoms with Crippen LogP contribution in [0, 0.1) is 13.7 Å². The average molecular weight is 390 g/mol. The predicted octanol–water partition coefficient (Wildman–Crippen LogP) is 3.45. The topological polar surface area (TPSA) is 72.7 Å². The maximum atomic E-state index is 12.0. The Bertz CT molecular complexity index is 580. The van der Waals surface area contributed by atoms with Crippen molar-refractivity contribution in [2.75, 3.05) is 0 Å². The monoisotopic (exact) mass is 390 g/mol. The van der Waals surface area contributed by atoms with Gasteiger partial charge in [-0.25, -0.2) is 4.79 Å². The first kappa shape index (κ1) is 15.0. The van der Waals surface area contributed by atoms with Crippen LogP contribution in [0.1, 0.15) is 31.9 Å². The van der Waals surface area contributed by atoms with Crippen molar-refractivity contribution in [3.8, 4) is 0 Å². The molecule has 0 aliphatic carbocycles. The molecule has 7 heteroatoms. The molecule has 6 nitrogen and oxygen atoms in total. The lowest BCUT2D eigenvalue weighted by molar-refractivity contribution is -0.385. The Labute approximate surface area is 130 Å². The normalized spacial score (nSPS) is 14.1. The molecule has 0 fully saturated rings. The summed E-state index contributed by atoms with van der Waals surface area (Å²) in [6, 6.07) is 3.19. The third-order valence-corrected chi connectivity index (χ3v) is 4.08. The van der Waals surface area contributed by atoms with Crippen molar-refractivity contribution in [1.29, 1.82) is 0 Å². The fraction of sp³-hybridized carbons (Fsp3) is 0.462. The number of halogens is 1. The van der Waals surface area contributed by atoms with Gasteiger partial charge in [-0.05, 0) is 60.6 Å². The molecule has 1 aromatic carbocycles. The van der Waals surface area contributed by atoms with E-state index in [1.807, 2.05) is 43.4 Å². The number of ether oxygens (including phenoxy) is 1. The predicted molar refractivity (Wildman–Crippen MR) is 81.3 cm³/mol. The largest absolute Gasteiger partial charge is 0.444 e. The summed E-state index contributed by atoms with van der Waals surface area (Å²) < 4.78 is 5.91. The van der Waals surface area contributed by atoms with Gasteiger partial charge in [-0.15, -0.1) is 0 Å². The fourth-order valence-corrected chi connectivity index (χ4v) is 2.91. The second-order valence-corrected chi connectivity index (χ2v) is 6.71. The van der Waals surface area contributed by atoms with Gasteiger partial charge < -0.3 is 4.74 Å². The van der Waals surface area contributed by atoms with Gasteiger partial charge in [0, 0.05) is 12.6 Å². The van der Waals surface area contributed by atoms with Crippen molar-refractivity contribution >= 4 is 34.4 Å². The van der Waals surface area contributed by atoms with E-state index in [9.17, 15) is 14.9 Å². The summed E-state index contributed by atoms with van der Waals surface area (Å²) >= 11 is 1.96. The Morgan fingerprint density at radius 3 is 2.60 bits per heavy atom. The number of hydrogen-bond acceptors (Lipinski definition) is 4. The lowest BCUT2D eigenvalue weighted by atomic mass is 10.1. The van der Waals surface area contributed by atoms with Crippen LogP contribution in [0.5, 0.6) is 0 Å². The molecule has 0 spiro atoms. The molecule has 2 rings (SSSR count). The van der Waals surface area contributed by atoms with Gasteiger partial charge in [-0.1, -0.05) is 0 Å². The Balaban J connectivity index is 2.22. The first-order valence-electron chi connectivity index (χ1n) is 6.11. The summed E-state index contributed by atoms with van der Waals surface area (Å²) in [4.78, 5) is 24.1. The van der Waals surface area contributed by atoms with Crippen molar-refractivity contribution in [2.45, 2.75) is 39.5 Å². The van der Waals surface area contributed by atoms with Gasteiger partial charge in [0.2, 0.25) is 0 Å². The third kappa shape index (κ3) is 3.02. The van der Waals surface area contributed by atoms with E-state index in [4.69, 9.17) is 4.74 Å². The van der Waals surface area contributed by atoms with Crippen LogP contribution in [0.4, 0.5) is 10.5 Å². The highest BCUT2D eigenvalue weighted by atomic mass is 127. The number of benzene rings is 1. The molecule has 0 aromatic heterocycles. The minimum atomic E-state index is -0.551. The smallest absolute Gasteiger partial charge is 0.410 e. The zero-order valence-corrected chi connectivity index (χ0v) is 13.6. The zero-order valence-electron chi connectivity index (χ0n) is 11.5. The highest BCUT2D eigenvalue weighted by molar-refractivity contribution is 14.1. The van der Waals surface area contributed by atoms with Gasteiger partial charge in [-0.2, -0.15) is 0 Å². The van der Waals surface area contributed by atoms with Gasteiger partial charge in [0.1, 0.15) is 5.60 Å².